The Hall–Kier alpha value is -1.94. The molecular weight excluding hydrogens is 297 g/mol. The highest BCUT2D eigenvalue weighted by molar-refractivity contribution is 5.88. The summed E-state index contributed by atoms with van der Waals surface area (Å²) < 4.78 is 60.7. The summed E-state index contributed by atoms with van der Waals surface area (Å²) in [5.74, 6) is -11.7. The standard InChI is InChI=1S/C9H10F5NO5/c10-8(11,9(12,13)14)7(20)15-4(6(18)19)2-1-3-5(16)17/h4H,1-3H2,(H,15,20)(H,16,17)(H,18,19)/t4-/m1/s1. The van der Waals surface area contributed by atoms with E-state index in [1.54, 1.807) is 0 Å². The third kappa shape index (κ3) is 4.97. The van der Waals surface area contributed by atoms with Crippen LogP contribution in [0.15, 0.2) is 0 Å². The molecule has 1 amide bonds. The molecular formula is C9H10F5NO5. The average molecular weight is 307 g/mol. The maximum atomic E-state index is 12.6. The van der Waals surface area contributed by atoms with Gasteiger partial charge in [0.2, 0.25) is 0 Å². The summed E-state index contributed by atoms with van der Waals surface area (Å²) in [5.41, 5.74) is 0. The van der Waals surface area contributed by atoms with Gasteiger partial charge in [0.15, 0.2) is 0 Å². The van der Waals surface area contributed by atoms with Crippen LogP contribution in [-0.4, -0.2) is 46.2 Å². The summed E-state index contributed by atoms with van der Waals surface area (Å²) in [7, 11) is 0. The Morgan fingerprint density at radius 3 is 1.90 bits per heavy atom. The van der Waals surface area contributed by atoms with E-state index in [4.69, 9.17) is 10.2 Å². The van der Waals surface area contributed by atoms with Gasteiger partial charge in [0, 0.05) is 6.42 Å². The molecule has 1 atom stereocenters. The highest BCUT2D eigenvalue weighted by atomic mass is 19.4. The fourth-order valence-corrected chi connectivity index (χ4v) is 1.09. The largest absolute Gasteiger partial charge is 0.481 e. The van der Waals surface area contributed by atoms with E-state index in [-0.39, 0.29) is 6.42 Å². The molecule has 0 fully saturated rings. The van der Waals surface area contributed by atoms with Crippen LogP contribution in [0.25, 0.3) is 0 Å². The monoisotopic (exact) mass is 307 g/mol. The minimum atomic E-state index is -6.15. The van der Waals surface area contributed by atoms with Gasteiger partial charge in [-0.25, -0.2) is 4.79 Å². The molecule has 11 heteroatoms. The number of carbonyl (C=O) groups is 3. The fraction of sp³-hybridized carbons (Fsp3) is 0.667. The Balaban J connectivity index is 4.72. The van der Waals surface area contributed by atoms with Crippen LogP contribution in [0, 0.1) is 0 Å². The number of rotatable bonds is 7. The van der Waals surface area contributed by atoms with Crippen LogP contribution in [0.4, 0.5) is 22.0 Å². The van der Waals surface area contributed by atoms with Gasteiger partial charge in [-0.2, -0.15) is 22.0 Å². The molecule has 0 bridgehead atoms. The first-order valence-electron chi connectivity index (χ1n) is 5.09. The zero-order valence-electron chi connectivity index (χ0n) is 9.71. The van der Waals surface area contributed by atoms with Gasteiger partial charge >= 0.3 is 29.9 Å². The van der Waals surface area contributed by atoms with Crippen molar-refractivity contribution in [1.82, 2.24) is 5.32 Å². The molecule has 0 heterocycles. The summed E-state index contributed by atoms with van der Waals surface area (Å²) in [4.78, 5) is 31.5. The summed E-state index contributed by atoms with van der Waals surface area (Å²) in [5, 5.41) is 17.9. The Morgan fingerprint density at radius 1 is 1.05 bits per heavy atom. The molecule has 0 unspecified atom stereocenters. The topological polar surface area (TPSA) is 104 Å². The van der Waals surface area contributed by atoms with Gasteiger partial charge in [-0.3, -0.25) is 9.59 Å². The molecule has 0 saturated heterocycles. The SMILES string of the molecule is O=C(O)CCC[C@@H](NC(=O)C(F)(F)C(F)(F)F)C(=O)O. The summed E-state index contributed by atoms with van der Waals surface area (Å²) in [6.45, 7) is 0. The van der Waals surface area contributed by atoms with Crippen molar-refractivity contribution in [1.29, 1.82) is 0 Å². The van der Waals surface area contributed by atoms with Crippen molar-refractivity contribution in [3.63, 3.8) is 0 Å². The molecule has 0 aliphatic heterocycles. The number of alkyl halides is 5. The van der Waals surface area contributed by atoms with Gasteiger partial charge < -0.3 is 15.5 Å². The number of hydrogen-bond acceptors (Lipinski definition) is 3. The lowest BCUT2D eigenvalue weighted by molar-refractivity contribution is -0.270. The van der Waals surface area contributed by atoms with Crippen LogP contribution in [-0.2, 0) is 14.4 Å². The predicted octanol–water partition coefficient (Wildman–Crippen LogP) is 1.01. The second kappa shape index (κ2) is 6.48. The number of carbonyl (C=O) groups excluding carboxylic acids is 1. The lowest BCUT2D eigenvalue weighted by Gasteiger charge is -2.21. The van der Waals surface area contributed by atoms with Gasteiger partial charge in [-0.1, -0.05) is 0 Å². The lowest BCUT2D eigenvalue weighted by atomic mass is 10.1. The molecule has 0 rings (SSSR count). The molecule has 0 aliphatic rings. The molecule has 20 heavy (non-hydrogen) atoms. The number of carboxylic acids is 2. The molecule has 0 aromatic rings. The third-order valence-electron chi connectivity index (χ3n) is 2.13. The second-order valence-corrected chi connectivity index (χ2v) is 3.72. The summed E-state index contributed by atoms with van der Waals surface area (Å²) >= 11 is 0. The molecule has 0 aliphatic carbocycles. The molecule has 6 nitrogen and oxygen atoms in total. The second-order valence-electron chi connectivity index (χ2n) is 3.72. The first kappa shape index (κ1) is 18.1. The zero-order valence-corrected chi connectivity index (χ0v) is 9.71. The Bertz CT molecular complexity index is 395. The van der Waals surface area contributed by atoms with Gasteiger partial charge in [0.05, 0.1) is 0 Å². The number of carboxylic acid groups (broad SMARTS) is 2. The van der Waals surface area contributed by atoms with Crippen LogP contribution < -0.4 is 5.32 Å². The molecule has 0 saturated carbocycles. The maximum Gasteiger partial charge on any atom is 0.463 e. The van der Waals surface area contributed by atoms with Crippen LogP contribution >= 0.6 is 0 Å². The first-order chi connectivity index (χ1) is 8.89. The molecule has 0 radical (unpaired) electrons. The number of nitrogens with one attached hydrogen (secondary N) is 1. The first-order valence-corrected chi connectivity index (χ1v) is 5.09. The smallest absolute Gasteiger partial charge is 0.463 e. The minimum Gasteiger partial charge on any atom is -0.481 e. The highest BCUT2D eigenvalue weighted by Gasteiger charge is 2.63. The lowest BCUT2D eigenvalue weighted by Crippen LogP contribution is -2.54. The molecule has 0 aromatic heterocycles. The quantitative estimate of drug-likeness (QED) is 0.609. The normalized spacial score (nSPS) is 13.7. The fourth-order valence-electron chi connectivity index (χ4n) is 1.09. The van der Waals surface area contributed by atoms with E-state index >= 15 is 0 Å². The van der Waals surface area contributed by atoms with Gasteiger partial charge in [0.25, 0.3) is 0 Å². The van der Waals surface area contributed by atoms with Crippen LogP contribution in [0.5, 0.6) is 0 Å². The number of aliphatic carboxylic acids is 2. The summed E-state index contributed by atoms with van der Waals surface area (Å²) in [6, 6.07) is -2.03. The maximum absolute atomic E-state index is 12.6. The Morgan fingerprint density at radius 2 is 1.55 bits per heavy atom. The van der Waals surface area contributed by atoms with Crippen molar-refractivity contribution >= 4 is 17.8 Å². The van der Waals surface area contributed by atoms with Crippen LogP contribution in [0.1, 0.15) is 19.3 Å². The van der Waals surface area contributed by atoms with Crippen molar-refractivity contribution in [3.05, 3.63) is 0 Å². The highest BCUT2D eigenvalue weighted by Crippen LogP contribution is 2.35. The van der Waals surface area contributed by atoms with Gasteiger partial charge in [-0.15, -0.1) is 0 Å². The molecule has 116 valence electrons. The number of halogens is 5. The van der Waals surface area contributed by atoms with E-state index in [1.807, 2.05) is 0 Å². The van der Waals surface area contributed by atoms with Crippen molar-refractivity contribution in [2.45, 2.75) is 37.4 Å². The number of hydrogen-bond donors (Lipinski definition) is 3. The number of amides is 1. The van der Waals surface area contributed by atoms with E-state index in [1.165, 1.54) is 0 Å². The van der Waals surface area contributed by atoms with E-state index in [9.17, 15) is 36.3 Å². The van der Waals surface area contributed by atoms with Crippen molar-refractivity contribution < 1.29 is 46.5 Å². The van der Waals surface area contributed by atoms with Gasteiger partial charge in [-0.05, 0) is 12.8 Å². The van der Waals surface area contributed by atoms with Crippen LogP contribution in [0.3, 0.4) is 0 Å². The van der Waals surface area contributed by atoms with E-state index in [2.05, 4.69) is 0 Å². The predicted molar refractivity (Wildman–Crippen MR) is 52.1 cm³/mol. The minimum absolute atomic E-state index is 0.315. The third-order valence-corrected chi connectivity index (χ3v) is 2.13. The van der Waals surface area contributed by atoms with E-state index in [0.29, 0.717) is 0 Å². The zero-order chi connectivity index (χ0) is 16.1. The molecule has 0 aromatic carbocycles. The van der Waals surface area contributed by atoms with Crippen molar-refractivity contribution in [3.8, 4) is 0 Å². The van der Waals surface area contributed by atoms with Crippen molar-refractivity contribution in [2.24, 2.45) is 0 Å². The Labute approximate surface area is 108 Å². The Kier molecular flexibility index (Phi) is 5.85. The molecule has 0 spiro atoms. The molecule has 3 N–H and O–H groups in total. The van der Waals surface area contributed by atoms with E-state index in [0.717, 1.165) is 5.32 Å². The van der Waals surface area contributed by atoms with Gasteiger partial charge in [0.1, 0.15) is 6.04 Å². The van der Waals surface area contributed by atoms with E-state index < -0.39 is 48.8 Å². The summed E-state index contributed by atoms with van der Waals surface area (Å²) in [6.07, 6.45) is -7.58. The van der Waals surface area contributed by atoms with Crippen LogP contribution in [0.2, 0.25) is 0 Å². The average Bonchev–Trinajstić information content (AvgIpc) is 2.24. The van der Waals surface area contributed by atoms with Crippen molar-refractivity contribution in [2.75, 3.05) is 0 Å².